The van der Waals surface area contributed by atoms with Crippen LogP contribution in [0.3, 0.4) is 0 Å². The number of fused-ring (bicyclic) bond motifs is 3. The Balaban J connectivity index is 2.25. The van der Waals surface area contributed by atoms with Crippen molar-refractivity contribution in [2.45, 2.75) is 13.0 Å². The van der Waals surface area contributed by atoms with Crippen LogP contribution in [0.1, 0.15) is 24.2 Å². The van der Waals surface area contributed by atoms with Crippen molar-refractivity contribution in [3.05, 3.63) is 23.0 Å². The largest absolute Gasteiger partial charge is 0.493 e. The molecule has 5 nitrogen and oxygen atoms in total. The summed E-state index contributed by atoms with van der Waals surface area (Å²) in [5.74, 6) is 2.73. The topological polar surface area (TPSA) is 46.2 Å². The molecule has 5 heteroatoms. The SMILES string of the molecule is COc1cc2c(c(OC)c1OC)C1OCCOC1=C2C. The Morgan fingerprint density at radius 1 is 1.05 bits per heavy atom. The van der Waals surface area contributed by atoms with Crippen molar-refractivity contribution in [1.29, 1.82) is 0 Å². The minimum Gasteiger partial charge on any atom is -0.493 e. The first kappa shape index (κ1) is 13.1. The Hall–Kier alpha value is -1.88. The maximum Gasteiger partial charge on any atom is 0.203 e. The highest BCUT2D eigenvalue weighted by Gasteiger charge is 2.39. The van der Waals surface area contributed by atoms with Gasteiger partial charge in [0.25, 0.3) is 0 Å². The minimum absolute atomic E-state index is 0.214. The molecule has 0 amide bonds. The highest BCUT2D eigenvalue weighted by atomic mass is 16.6. The van der Waals surface area contributed by atoms with Crippen LogP contribution in [0.4, 0.5) is 0 Å². The summed E-state index contributed by atoms with van der Waals surface area (Å²) in [4.78, 5) is 0. The Bertz CT molecular complexity index is 576. The Kier molecular flexibility index (Phi) is 3.22. The molecule has 1 atom stereocenters. The van der Waals surface area contributed by atoms with Crippen LogP contribution in [0.5, 0.6) is 17.2 Å². The lowest BCUT2D eigenvalue weighted by Crippen LogP contribution is -2.18. The molecule has 3 rings (SSSR count). The molecule has 1 aliphatic heterocycles. The molecule has 0 saturated carbocycles. The fourth-order valence-electron chi connectivity index (χ4n) is 2.87. The van der Waals surface area contributed by atoms with Gasteiger partial charge in [-0.2, -0.15) is 0 Å². The maximum atomic E-state index is 5.86. The van der Waals surface area contributed by atoms with E-state index in [9.17, 15) is 0 Å². The number of allylic oxidation sites excluding steroid dienone is 1. The van der Waals surface area contributed by atoms with Crippen molar-refractivity contribution in [2.24, 2.45) is 0 Å². The molecule has 1 aliphatic carbocycles. The Labute approximate surface area is 118 Å². The molecule has 108 valence electrons. The number of hydrogen-bond acceptors (Lipinski definition) is 5. The molecular weight excluding hydrogens is 260 g/mol. The van der Waals surface area contributed by atoms with Crippen molar-refractivity contribution in [3.63, 3.8) is 0 Å². The lowest BCUT2D eigenvalue weighted by molar-refractivity contribution is -0.0409. The monoisotopic (exact) mass is 278 g/mol. The molecule has 1 unspecified atom stereocenters. The van der Waals surface area contributed by atoms with Crippen molar-refractivity contribution in [2.75, 3.05) is 34.5 Å². The molecule has 1 aromatic rings. The molecule has 0 bridgehead atoms. The van der Waals surface area contributed by atoms with Gasteiger partial charge < -0.3 is 23.7 Å². The van der Waals surface area contributed by atoms with Crippen LogP contribution in [0.15, 0.2) is 11.8 Å². The zero-order valence-electron chi connectivity index (χ0n) is 12.1. The van der Waals surface area contributed by atoms with Crippen molar-refractivity contribution < 1.29 is 23.7 Å². The van der Waals surface area contributed by atoms with Gasteiger partial charge in [-0.15, -0.1) is 0 Å². The van der Waals surface area contributed by atoms with Crippen LogP contribution in [-0.2, 0) is 9.47 Å². The molecule has 2 aliphatic rings. The summed E-state index contributed by atoms with van der Waals surface area (Å²) >= 11 is 0. The second-order valence-corrected chi connectivity index (χ2v) is 4.70. The van der Waals surface area contributed by atoms with Gasteiger partial charge in [-0.1, -0.05) is 0 Å². The van der Waals surface area contributed by atoms with Gasteiger partial charge in [0, 0.05) is 5.56 Å². The average Bonchev–Trinajstić information content (AvgIpc) is 2.78. The number of ether oxygens (including phenoxy) is 5. The van der Waals surface area contributed by atoms with E-state index in [-0.39, 0.29) is 6.10 Å². The first-order chi connectivity index (χ1) is 9.72. The summed E-state index contributed by atoms with van der Waals surface area (Å²) in [6.07, 6.45) is -0.214. The molecule has 1 saturated heterocycles. The summed E-state index contributed by atoms with van der Waals surface area (Å²) in [7, 11) is 4.83. The van der Waals surface area contributed by atoms with Gasteiger partial charge in [0.1, 0.15) is 18.5 Å². The highest BCUT2D eigenvalue weighted by Crippen LogP contribution is 2.54. The highest BCUT2D eigenvalue weighted by molar-refractivity contribution is 5.81. The van der Waals surface area contributed by atoms with Crippen molar-refractivity contribution >= 4 is 5.57 Å². The van der Waals surface area contributed by atoms with Crippen LogP contribution < -0.4 is 14.2 Å². The molecule has 1 fully saturated rings. The van der Waals surface area contributed by atoms with E-state index in [1.165, 1.54) is 0 Å². The van der Waals surface area contributed by atoms with E-state index in [1.807, 2.05) is 13.0 Å². The molecule has 0 radical (unpaired) electrons. The predicted octanol–water partition coefficient (Wildman–Crippen LogP) is 2.54. The summed E-state index contributed by atoms with van der Waals surface area (Å²) in [6.45, 7) is 3.17. The number of benzene rings is 1. The quantitative estimate of drug-likeness (QED) is 0.850. The maximum absolute atomic E-state index is 5.86. The third-order valence-electron chi connectivity index (χ3n) is 3.77. The lowest BCUT2D eigenvalue weighted by atomic mass is 10.0. The summed E-state index contributed by atoms with van der Waals surface area (Å²) < 4.78 is 28.0. The molecule has 0 N–H and O–H groups in total. The molecule has 0 spiro atoms. The predicted molar refractivity (Wildman–Crippen MR) is 73.3 cm³/mol. The zero-order valence-corrected chi connectivity index (χ0v) is 12.1. The molecule has 0 aromatic heterocycles. The fourth-order valence-corrected chi connectivity index (χ4v) is 2.87. The van der Waals surface area contributed by atoms with E-state index in [0.29, 0.717) is 30.5 Å². The fraction of sp³-hybridized carbons (Fsp3) is 0.467. The second-order valence-electron chi connectivity index (χ2n) is 4.70. The standard InChI is InChI=1S/C15H18O5/c1-8-9-7-10(16-2)13(17-3)14(18-4)11(9)15-12(8)19-5-6-20-15/h7,15H,5-6H2,1-4H3. The first-order valence-electron chi connectivity index (χ1n) is 6.51. The minimum atomic E-state index is -0.214. The summed E-state index contributed by atoms with van der Waals surface area (Å²) in [5.41, 5.74) is 3.04. The summed E-state index contributed by atoms with van der Waals surface area (Å²) in [6, 6.07) is 1.95. The normalized spacial score (nSPS) is 20.1. The van der Waals surface area contributed by atoms with Crippen LogP contribution in [0.25, 0.3) is 5.57 Å². The van der Waals surface area contributed by atoms with Gasteiger partial charge >= 0.3 is 0 Å². The van der Waals surface area contributed by atoms with E-state index < -0.39 is 0 Å². The number of methoxy groups -OCH3 is 3. The van der Waals surface area contributed by atoms with Gasteiger partial charge in [0.05, 0.1) is 27.9 Å². The van der Waals surface area contributed by atoms with Gasteiger partial charge in [-0.25, -0.2) is 0 Å². The lowest BCUT2D eigenvalue weighted by Gasteiger charge is -2.25. The van der Waals surface area contributed by atoms with E-state index in [4.69, 9.17) is 23.7 Å². The van der Waals surface area contributed by atoms with Crippen molar-refractivity contribution in [3.8, 4) is 17.2 Å². The average molecular weight is 278 g/mol. The number of rotatable bonds is 3. The van der Waals surface area contributed by atoms with E-state index in [2.05, 4.69) is 0 Å². The third kappa shape index (κ3) is 1.66. The third-order valence-corrected chi connectivity index (χ3v) is 3.77. The van der Waals surface area contributed by atoms with E-state index in [0.717, 1.165) is 22.5 Å². The van der Waals surface area contributed by atoms with Crippen molar-refractivity contribution in [1.82, 2.24) is 0 Å². The van der Waals surface area contributed by atoms with E-state index >= 15 is 0 Å². The Morgan fingerprint density at radius 3 is 2.45 bits per heavy atom. The Morgan fingerprint density at radius 2 is 1.80 bits per heavy atom. The van der Waals surface area contributed by atoms with Gasteiger partial charge in [-0.05, 0) is 24.1 Å². The van der Waals surface area contributed by atoms with Crippen LogP contribution in [0.2, 0.25) is 0 Å². The van der Waals surface area contributed by atoms with Gasteiger partial charge in [0.2, 0.25) is 5.75 Å². The molecule has 1 heterocycles. The number of hydrogen-bond donors (Lipinski definition) is 0. The van der Waals surface area contributed by atoms with Gasteiger partial charge in [0.15, 0.2) is 11.5 Å². The summed E-state index contributed by atoms with van der Waals surface area (Å²) in [5, 5.41) is 0. The van der Waals surface area contributed by atoms with Crippen LogP contribution in [0, 0.1) is 0 Å². The first-order valence-corrected chi connectivity index (χ1v) is 6.51. The van der Waals surface area contributed by atoms with Gasteiger partial charge in [-0.3, -0.25) is 0 Å². The van der Waals surface area contributed by atoms with Crippen LogP contribution in [-0.4, -0.2) is 34.5 Å². The molecule has 1 aromatic carbocycles. The molecular formula is C15H18O5. The van der Waals surface area contributed by atoms with E-state index in [1.54, 1.807) is 21.3 Å². The second kappa shape index (κ2) is 4.90. The smallest absolute Gasteiger partial charge is 0.203 e. The van der Waals surface area contributed by atoms with Crippen LogP contribution >= 0.6 is 0 Å². The zero-order chi connectivity index (χ0) is 14.3. The molecule has 20 heavy (non-hydrogen) atoms.